The van der Waals surface area contributed by atoms with Crippen LogP contribution in [-0.2, 0) is 19.6 Å². The van der Waals surface area contributed by atoms with Crippen LogP contribution in [0.2, 0.25) is 0 Å². The third-order valence-electron chi connectivity index (χ3n) is 7.16. The number of rotatable bonds is 7. The van der Waals surface area contributed by atoms with Gasteiger partial charge >= 0.3 is 0 Å². The SMILES string of the molecule is CC(C)CC(NC(=O)c1ccc2ccccc2n1)C(=O)N1CCC2C1C(=O)CN2S(=O)(=O)c1ccc[n+]([O-])c1. The quantitative estimate of drug-likeness (QED) is 0.344. The van der Waals surface area contributed by atoms with Gasteiger partial charge in [0.05, 0.1) is 18.1 Å². The minimum Gasteiger partial charge on any atom is -0.619 e. The van der Waals surface area contributed by atoms with Crippen LogP contribution in [0.15, 0.2) is 65.8 Å². The molecule has 3 unspecified atom stereocenters. The summed E-state index contributed by atoms with van der Waals surface area (Å²) in [6.45, 7) is 3.62. The number of Topliss-reactive ketones (excluding diaryl/α,β-unsaturated/α-hetero) is 1. The van der Waals surface area contributed by atoms with Crippen LogP contribution in [0, 0.1) is 11.1 Å². The van der Waals surface area contributed by atoms with Crippen molar-refractivity contribution in [1.29, 1.82) is 0 Å². The molecule has 2 aliphatic heterocycles. The summed E-state index contributed by atoms with van der Waals surface area (Å²) < 4.78 is 28.0. The highest BCUT2D eigenvalue weighted by molar-refractivity contribution is 7.89. The number of hydrogen-bond donors (Lipinski definition) is 1. The lowest BCUT2D eigenvalue weighted by atomic mass is 10.0. The number of aromatic nitrogens is 2. The Hall–Kier alpha value is -3.90. The van der Waals surface area contributed by atoms with Crippen LogP contribution >= 0.6 is 0 Å². The monoisotopic (exact) mass is 551 g/mol. The van der Waals surface area contributed by atoms with Crippen molar-refractivity contribution in [3.05, 3.63) is 71.8 Å². The number of nitrogens with zero attached hydrogens (tertiary/aromatic N) is 4. The molecule has 1 N–H and O–H groups in total. The Morgan fingerprint density at radius 2 is 1.92 bits per heavy atom. The molecule has 0 radical (unpaired) electrons. The van der Waals surface area contributed by atoms with Crippen LogP contribution in [0.4, 0.5) is 0 Å². The summed E-state index contributed by atoms with van der Waals surface area (Å²) in [7, 11) is -4.13. The normalized spacial score (nSPS) is 20.4. The highest BCUT2D eigenvalue weighted by Gasteiger charge is 2.54. The van der Waals surface area contributed by atoms with Crippen LogP contribution < -0.4 is 10.0 Å². The summed E-state index contributed by atoms with van der Waals surface area (Å²) in [6, 6.07) is 10.8. The van der Waals surface area contributed by atoms with Crippen LogP contribution in [0.1, 0.15) is 37.2 Å². The van der Waals surface area contributed by atoms with Crippen LogP contribution in [0.25, 0.3) is 10.9 Å². The number of pyridine rings is 2. The van der Waals surface area contributed by atoms with E-state index in [0.717, 1.165) is 15.9 Å². The topological polar surface area (TPSA) is 144 Å². The zero-order valence-corrected chi connectivity index (χ0v) is 22.4. The van der Waals surface area contributed by atoms with E-state index in [1.165, 1.54) is 23.2 Å². The van der Waals surface area contributed by atoms with E-state index in [-0.39, 0.29) is 29.5 Å². The molecule has 0 bridgehead atoms. The van der Waals surface area contributed by atoms with E-state index in [2.05, 4.69) is 10.3 Å². The number of para-hydroxylation sites is 1. The molecule has 3 aromatic rings. The van der Waals surface area contributed by atoms with Crippen LogP contribution in [0.3, 0.4) is 0 Å². The molecule has 0 aliphatic carbocycles. The van der Waals surface area contributed by atoms with Gasteiger partial charge in [0.15, 0.2) is 18.2 Å². The van der Waals surface area contributed by atoms with Gasteiger partial charge in [0.25, 0.3) is 5.91 Å². The van der Waals surface area contributed by atoms with Crippen molar-refractivity contribution in [2.75, 3.05) is 13.1 Å². The minimum atomic E-state index is -4.13. The second-order valence-electron chi connectivity index (χ2n) is 10.3. The van der Waals surface area contributed by atoms with Crippen LogP contribution in [-0.4, -0.2) is 71.4 Å². The summed E-state index contributed by atoms with van der Waals surface area (Å²) in [5, 5.41) is 15.4. The van der Waals surface area contributed by atoms with Crippen molar-refractivity contribution in [3.8, 4) is 0 Å². The predicted octanol–water partition coefficient (Wildman–Crippen LogP) is 1.26. The van der Waals surface area contributed by atoms with Gasteiger partial charge < -0.3 is 15.4 Å². The van der Waals surface area contributed by atoms with Gasteiger partial charge in [-0.25, -0.2) is 13.4 Å². The fourth-order valence-corrected chi connectivity index (χ4v) is 7.01. The molecule has 2 aromatic heterocycles. The molecule has 3 atom stereocenters. The van der Waals surface area contributed by atoms with E-state index < -0.39 is 52.3 Å². The molecule has 2 amide bonds. The third kappa shape index (κ3) is 5.09. The number of hydrogen-bond acceptors (Lipinski definition) is 7. The first-order valence-electron chi connectivity index (χ1n) is 12.8. The standard InChI is InChI=1S/C27H29N5O6S/c1-17(2)14-22(29-26(34)21-10-9-18-6-3-4-8-20(18)28-21)27(35)31-13-11-23-25(31)24(33)16-32(23)39(37,38)19-7-5-12-30(36)15-19/h3-10,12,15,17,22-23,25H,11,13-14,16H2,1-2H3,(H,29,34). The van der Waals surface area contributed by atoms with Gasteiger partial charge in [-0.05, 0) is 37.0 Å². The molecule has 2 aliphatic rings. The van der Waals surface area contributed by atoms with Crippen molar-refractivity contribution in [2.24, 2.45) is 5.92 Å². The lowest BCUT2D eigenvalue weighted by Crippen LogP contribution is -2.53. The van der Waals surface area contributed by atoms with E-state index in [1.807, 2.05) is 32.0 Å². The maximum atomic E-state index is 13.7. The van der Waals surface area contributed by atoms with E-state index in [0.29, 0.717) is 16.7 Å². The molecular formula is C27H29N5O6S. The van der Waals surface area contributed by atoms with Gasteiger partial charge in [-0.1, -0.05) is 38.1 Å². The second-order valence-corrected chi connectivity index (χ2v) is 12.2. The third-order valence-corrected chi connectivity index (χ3v) is 9.01. The molecule has 11 nitrogen and oxygen atoms in total. The first-order chi connectivity index (χ1) is 18.6. The summed E-state index contributed by atoms with van der Waals surface area (Å²) in [5.41, 5.74) is 0.820. The molecule has 0 spiro atoms. The molecule has 2 saturated heterocycles. The van der Waals surface area contributed by atoms with Crippen molar-refractivity contribution < 1.29 is 27.5 Å². The highest BCUT2D eigenvalue weighted by Crippen LogP contribution is 2.34. The molecule has 1 aromatic carbocycles. The van der Waals surface area contributed by atoms with Gasteiger partial charge in [-0.15, -0.1) is 0 Å². The smallest absolute Gasteiger partial charge is 0.270 e. The summed E-state index contributed by atoms with van der Waals surface area (Å²) in [5.74, 6) is -1.29. The number of benzene rings is 1. The number of fused-ring (bicyclic) bond motifs is 2. The van der Waals surface area contributed by atoms with Gasteiger partial charge in [-0.2, -0.15) is 9.04 Å². The first-order valence-corrected chi connectivity index (χ1v) is 14.2. The van der Waals surface area contributed by atoms with Crippen molar-refractivity contribution in [2.45, 2.75) is 49.7 Å². The number of amides is 2. The maximum Gasteiger partial charge on any atom is 0.270 e. The fraction of sp³-hybridized carbons (Fsp3) is 0.370. The van der Waals surface area contributed by atoms with Gasteiger partial charge in [0.2, 0.25) is 15.9 Å². The predicted molar refractivity (Wildman–Crippen MR) is 141 cm³/mol. The fourth-order valence-electron chi connectivity index (χ4n) is 5.38. The number of ketones is 1. The molecular weight excluding hydrogens is 522 g/mol. The molecule has 39 heavy (non-hydrogen) atoms. The Bertz CT molecular complexity index is 1560. The summed E-state index contributed by atoms with van der Waals surface area (Å²) in [6.07, 6.45) is 2.71. The summed E-state index contributed by atoms with van der Waals surface area (Å²) >= 11 is 0. The number of carbonyl (C=O) groups excluding carboxylic acids is 3. The van der Waals surface area contributed by atoms with Gasteiger partial charge in [-0.3, -0.25) is 14.4 Å². The number of carbonyl (C=O) groups is 3. The Balaban J connectivity index is 1.37. The summed E-state index contributed by atoms with van der Waals surface area (Å²) in [4.78, 5) is 45.5. The average Bonchev–Trinajstić information content (AvgIpc) is 3.48. The largest absolute Gasteiger partial charge is 0.619 e. The van der Waals surface area contributed by atoms with Crippen molar-refractivity contribution in [3.63, 3.8) is 0 Å². The lowest BCUT2D eigenvalue weighted by molar-refractivity contribution is -0.607. The Labute approximate surface area is 226 Å². The molecule has 0 saturated carbocycles. The molecule has 204 valence electrons. The molecule has 4 heterocycles. The molecule has 2 fully saturated rings. The van der Waals surface area contributed by atoms with E-state index in [9.17, 15) is 28.0 Å². The van der Waals surface area contributed by atoms with Crippen molar-refractivity contribution >= 4 is 38.5 Å². The Morgan fingerprint density at radius 3 is 2.67 bits per heavy atom. The molecule has 12 heteroatoms. The highest BCUT2D eigenvalue weighted by atomic mass is 32.2. The Kier molecular flexibility index (Phi) is 7.08. The van der Waals surface area contributed by atoms with Crippen molar-refractivity contribution in [1.82, 2.24) is 19.5 Å². The Morgan fingerprint density at radius 1 is 1.15 bits per heavy atom. The zero-order valence-electron chi connectivity index (χ0n) is 21.6. The van der Waals surface area contributed by atoms with Gasteiger partial charge in [0.1, 0.15) is 22.7 Å². The van der Waals surface area contributed by atoms with E-state index in [1.54, 1.807) is 18.2 Å². The van der Waals surface area contributed by atoms with E-state index in [4.69, 9.17) is 0 Å². The lowest BCUT2D eigenvalue weighted by Gasteiger charge is -2.29. The number of likely N-dealkylation sites (tertiary alicyclic amines) is 1. The zero-order chi connectivity index (χ0) is 27.9. The van der Waals surface area contributed by atoms with Crippen LogP contribution in [0.5, 0.6) is 0 Å². The number of nitrogens with one attached hydrogen (secondary N) is 1. The average molecular weight is 552 g/mol. The maximum absolute atomic E-state index is 13.7. The van der Waals surface area contributed by atoms with Gasteiger partial charge in [0, 0.05) is 18.0 Å². The minimum absolute atomic E-state index is 0.0511. The number of sulfonamides is 1. The second kappa shape index (κ2) is 10.3. The molecule has 5 rings (SSSR count). The first kappa shape index (κ1) is 26.7. The van der Waals surface area contributed by atoms with E-state index >= 15 is 0 Å².